The molecule has 1 fully saturated rings. The first kappa shape index (κ1) is 21.0. The van der Waals surface area contributed by atoms with Crippen LogP contribution in [-0.2, 0) is 5.41 Å². The Hall–Kier alpha value is -3.30. The average Bonchev–Trinajstić information content (AvgIpc) is 3.10. The molecule has 4 heterocycles. The quantitative estimate of drug-likeness (QED) is 0.626. The van der Waals surface area contributed by atoms with E-state index in [9.17, 15) is 9.59 Å². The van der Waals surface area contributed by atoms with Gasteiger partial charge < -0.3 is 9.80 Å². The van der Waals surface area contributed by atoms with Crippen molar-refractivity contribution in [3.8, 4) is 0 Å². The molecule has 1 amide bonds. The van der Waals surface area contributed by atoms with Crippen LogP contribution in [-0.4, -0.2) is 66.6 Å². The van der Waals surface area contributed by atoms with E-state index in [0.717, 1.165) is 11.6 Å². The predicted molar refractivity (Wildman–Crippen MR) is 116 cm³/mol. The predicted octanol–water partition coefficient (Wildman–Crippen LogP) is 1.52. The number of amides is 1. The largest absolute Gasteiger partial charge is 0.351 e. The lowest BCUT2D eigenvalue weighted by Crippen LogP contribution is -2.60. The molecule has 31 heavy (non-hydrogen) atoms. The van der Waals surface area contributed by atoms with Gasteiger partial charge in [0.2, 0.25) is 0 Å². The van der Waals surface area contributed by atoms with Gasteiger partial charge in [0, 0.05) is 31.6 Å². The van der Waals surface area contributed by atoms with Gasteiger partial charge in [0.25, 0.3) is 11.5 Å². The van der Waals surface area contributed by atoms with Gasteiger partial charge in [-0.05, 0) is 32.0 Å². The highest BCUT2D eigenvalue weighted by molar-refractivity contribution is 5.92. The lowest BCUT2D eigenvalue weighted by molar-refractivity contribution is 0.0695. The van der Waals surface area contributed by atoms with Crippen molar-refractivity contribution in [2.24, 2.45) is 0 Å². The summed E-state index contributed by atoms with van der Waals surface area (Å²) in [5.41, 5.74) is 0.598. The second-order valence-corrected chi connectivity index (χ2v) is 9.31. The fraction of sp³-hybridized carbons (Fsp3) is 0.524. The van der Waals surface area contributed by atoms with Crippen molar-refractivity contribution < 1.29 is 4.79 Å². The monoisotopic (exact) mass is 424 g/mol. The van der Waals surface area contributed by atoms with Crippen LogP contribution in [0.25, 0.3) is 5.65 Å². The van der Waals surface area contributed by atoms with Crippen molar-refractivity contribution in [1.82, 2.24) is 34.5 Å². The Labute approximate surface area is 180 Å². The molecule has 0 bridgehead atoms. The highest BCUT2D eigenvalue weighted by Crippen LogP contribution is 2.25. The molecule has 0 N–H and O–H groups in total. The molecular formula is C21H28N8O2. The van der Waals surface area contributed by atoms with Crippen LogP contribution in [0.2, 0.25) is 0 Å². The number of carbonyl (C=O) groups excluding carboxylic acids is 1. The third-order valence-corrected chi connectivity index (χ3v) is 5.51. The number of aromatic nitrogens is 6. The van der Waals surface area contributed by atoms with Crippen LogP contribution in [0.3, 0.4) is 0 Å². The maximum absolute atomic E-state index is 12.9. The van der Waals surface area contributed by atoms with Crippen LogP contribution in [0, 0.1) is 0 Å². The summed E-state index contributed by atoms with van der Waals surface area (Å²) in [7, 11) is 1.77. The molecule has 0 aromatic carbocycles. The van der Waals surface area contributed by atoms with E-state index >= 15 is 0 Å². The minimum atomic E-state index is -0.214. The van der Waals surface area contributed by atoms with Crippen LogP contribution in [0.4, 0.5) is 5.82 Å². The summed E-state index contributed by atoms with van der Waals surface area (Å²) < 4.78 is 3.12. The lowest BCUT2D eigenvalue weighted by atomic mass is 9.96. The number of rotatable bonds is 4. The summed E-state index contributed by atoms with van der Waals surface area (Å²) in [6, 6.07) is 6.65. The standard InChI is InChI=1S/C21H28N8O2/c1-13(2)28-18(30)10-7-15(24-28)19(31)26(6)14-11-27(12-14)17-9-8-16-22-23-20(21(3,4)5)29(16)25-17/h7-10,13-14H,11-12H2,1-6H3. The Balaban J connectivity index is 1.48. The van der Waals surface area contributed by atoms with Crippen molar-refractivity contribution in [2.45, 2.75) is 52.1 Å². The highest BCUT2D eigenvalue weighted by atomic mass is 16.2. The number of likely N-dealkylation sites (N-methyl/N-ethyl adjacent to an activating group) is 1. The summed E-state index contributed by atoms with van der Waals surface area (Å²) in [6.07, 6.45) is 0. The third kappa shape index (κ3) is 3.77. The topological polar surface area (TPSA) is 102 Å². The zero-order valence-electron chi connectivity index (χ0n) is 18.8. The lowest BCUT2D eigenvalue weighted by Gasteiger charge is -2.44. The van der Waals surface area contributed by atoms with Gasteiger partial charge in [-0.2, -0.15) is 9.61 Å². The molecule has 0 atom stereocenters. The molecule has 0 unspecified atom stereocenters. The molecule has 0 saturated carbocycles. The Morgan fingerprint density at radius 2 is 1.81 bits per heavy atom. The van der Waals surface area contributed by atoms with Gasteiger partial charge >= 0.3 is 0 Å². The Morgan fingerprint density at radius 3 is 2.45 bits per heavy atom. The van der Waals surface area contributed by atoms with Gasteiger partial charge in [-0.15, -0.1) is 15.3 Å². The van der Waals surface area contributed by atoms with E-state index in [4.69, 9.17) is 5.10 Å². The first-order valence-electron chi connectivity index (χ1n) is 10.4. The number of hydrogen-bond donors (Lipinski definition) is 0. The molecule has 164 valence electrons. The molecule has 1 aliphatic rings. The van der Waals surface area contributed by atoms with Gasteiger partial charge in [-0.3, -0.25) is 9.59 Å². The maximum Gasteiger partial charge on any atom is 0.274 e. The van der Waals surface area contributed by atoms with Gasteiger partial charge in [0.05, 0.1) is 12.1 Å². The fourth-order valence-corrected chi connectivity index (χ4v) is 3.56. The minimum Gasteiger partial charge on any atom is -0.351 e. The van der Waals surface area contributed by atoms with E-state index in [1.54, 1.807) is 16.5 Å². The number of carbonyl (C=O) groups is 1. The van der Waals surface area contributed by atoms with Gasteiger partial charge in [0.15, 0.2) is 11.5 Å². The van der Waals surface area contributed by atoms with Crippen LogP contribution >= 0.6 is 0 Å². The molecule has 0 spiro atoms. The summed E-state index contributed by atoms with van der Waals surface area (Å²) in [4.78, 5) is 28.6. The van der Waals surface area contributed by atoms with E-state index in [0.29, 0.717) is 18.7 Å². The summed E-state index contributed by atoms with van der Waals surface area (Å²) in [5.74, 6) is 1.43. The maximum atomic E-state index is 12.9. The van der Waals surface area contributed by atoms with E-state index in [1.807, 2.05) is 26.0 Å². The second-order valence-electron chi connectivity index (χ2n) is 9.31. The first-order valence-corrected chi connectivity index (χ1v) is 10.4. The first-order chi connectivity index (χ1) is 14.6. The number of anilines is 1. The summed E-state index contributed by atoms with van der Waals surface area (Å²) in [6.45, 7) is 11.3. The van der Waals surface area contributed by atoms with Crippen molar-refractivity contribution in [2.75, 3.05) is 25.0 Å². The Morgan fingerprint density at radius 1 is 1.10 bits per heavy atom. The second kappa shape index (κ2) is 7.44. The highest BCUT2D eigenvalue weighted by Gasteiger charge is 2.34. The molecule has 3 aromatic rings. The number of nitrogens with zero attached hydrogens (tertiary/aromatic N) is 8. The zero-order chi connectivity index (χ0) is 22.5. The van der Waals surface area contributed by atoms with E-state index < -0.39 is 0 Å². The third-order valence-electron chi connectivity index (χ3n) is 5.51. The van der Waals surface area contributed by atoms with E-state index in [-0.39, 0.29) is 34.7 Å². The number of fused-ring (bicyclic) bond motifs is 1. The van der Waals surface area contributed by atoms with Gasteiger partial charge in [0.1, 0.15) is 11.5 Å². The molecule has 0 aliphatic carbocycles. The van der Waals surface area contributed by atoms with Crippen molar-refractivity contribution >= 4 is 17.4 Å². The SMILES string of the molecule is CC(C)n1nc(C(=O)N(C)C2CN(c3ccc4nnc(C(C)(C)C)n4n3)C2)ccc1=O. The molecule has 10 nitrogen and oxygen atoms in total. The van der Waals surface area contributed by atoms with Crippen LogP contribution < -0.4 is 10.5 Å². The van der Waals surface area contributed by atoms with E-state index in [2.05, 4.69) is 41.0 Å². The molecule has 1 saturated heterocycles. The Bertz CT molecular complexity index is 1180. The van der Waals surface area contributed by atoms with Crippen molar-refractivity contribution in [3.63, 3.8) is 0 Å². The van der Waals surface area contributed by atoms with Crippen molar-refractivity contribution in [3.05, 3.63) is 46.1 Å². The smallest absolute Gasteiger partial charge is 0.274 e. The van der Waals surface area contributed by atoms with Crippen LogP contribution in [0.1, 0.15) is 57.0 Å². The summed E-state index contributed by atoms with van der Waals surface area (Å²) >= 11 is 0. The minimum absolute atomic E-state index is 0.0363. The Kier molecular flexibility index (Phi) is 5.03. The van der Waals surface area contributed by atoms with Crippen LogP contribution in [0.5, 0.6) is 0 Å². The zero-order valence-corrected chi connectivity index (χ0v) is 18.8. The normalized spacial score (nSPS) is 14.9. The molecule has 1 aliphatic heterocycles. The average molecular weight is 425 g/mol. The van der Waals surface area contributed by atoms with E-state index in [1.165, 1.54) is 16.8 Å². The fourth-order valence-electron chi connectivity index (χ4n) is 3.56. The molecule has 0 radical (unpaired) electrons. The summed E-state index contributed by atoms with van der Waals surface area (Å²) in [5, 5.41) is 17.5. The molecular weight excluding hydrogens is 396 g/mol. The molecule has 3 aromatic heterocycles. The molecule has 4 rings (SSSR count). The molecule has 10 heteroatoms. The number of hydrogen-bond acceptors (Lipinski definition) is 7. The van der Waals surface area contributed by atoms with Gasteiger partial charge in [-0.25, -0.2) is 4.68 Å². The van der Waals surface area contributed by atoms with Crippen LogP contribution in [0.15, 0.2) is 29.1 Å². The van der Waals surface area contributed by atoms with Gasteiger partial charge in [-0.1, -0.05) is 20.8 Å². The van der Waals surface area contributed by atoms with Crippen molar-refractivity contribution in [1.29, 1.82) is 0 Å².